The van der Waals surface area contributed by atoms with E-state index >= 15 is 0 Å². The van der Waals surface area contributed by atoms with Gasteiger partial charge < -0.3 is 0 Å². The Balaban J connectivity index is 2.57. The molecule has 0 aliphatic heterocycles. The lowest BCUT2D eigenvalue weighted by molar-refractivity contribution is -0.124. The third kappa shape index (κ3) is 1.40. The normalized spacial score (nSPS) is 16.4. The van der Waals surface area contributed by atoms with Gasteiger partial charge in [-0.25, -0.2) is 22.0 Å². The van der Waals surface area contributed by atoms with Crippen LogP contribution >= 0.6 is 0 Å². The lowest BCUT2D eigenvalue weighted by atomic mass is 9.78. The van der Waals surface area contributed by atoms with Crippen molar-refractivity contribution >= 4 is 5.78 Å². The van der Waals surface area contributed by atoms with Crippen molar-refractivity contribution in [2.75, 3.05) is 0 Å². The fourth-order valence-electron chi connectivity index (χ4n) is 1.67. The molecular weight excluding hydrogens is 231 g/mol. The second-order valence-electron chi connectivity index (χ2n) is 3.63. The van der Waals surface area contributed by atoms with E-state index in [1.807, 2.05) is 0 Å². The number of carbonyl (C=O) groups excluding carboxylic acids is 1. The first-order chi connectivity index (χ1) is 7.43. The standard InChI is InChI=1S/C10H5F5O/c11-6-5(3-1-4(16)2-3)7(12)9(14)10(15)8(6)13/h3H,1-2H2. The lowest BCUT2D eigenvalue weighted by Crippen LogP contribution is -2.24. The summed E-state index contributed by atoms with van der Waals surface area (Å²) in [6.07, 6.45) is -0.364. The van der Waals surface area contributed by atoms with Gasteiger partial charge in [0.15, 0.2) is 23.3 Å². The minimum atomic E-state index is -2.18. The zero-order chi connectivity index (χ0) is 12.0. The van der Waals surface area contributed by atoms with Crippen LogP contribution < -0.4 is 0 Å². The van der Waals surface area contributed by atoms with Crippen molar-refractivity contribution in [3.63, 3.8) is 0 Å². The molecule has 1 saturated carbocycles. The molecule has 0 N–H and O–H groups in total. The summed E-state index contributed by atoms with van der Waals surface area (Å²) in [6, 6.07) is 0. The summed E-state index contributed by atoms with van der Waals surface area (Å²) in [5, 5.41) is 0. The maximum Gasteiger partial charge on any atom is 0.200 e. The molecule has 86 valence electrons. The van der Waals surface area contributed by atoms with Crippen LogP contribution in [-0.2, 0) is 4.79 Å². The van der Waals surface area contributed by atoms with E-state index in [4.69, 9.17) is 0 Å². The largest absolute Gasteiger partial charge is 0.300 e. The number of Topliss-reactive ketones (excluding diaryl/α,β-unsaturated/α-hetero) is 1. The SMILES string of the molecule is O=C1CC(c2c(F)c(F)c(F)c(F)c2F)C1. The maximum atomic E-state index is 13.2. The summed E-state index contributed by atoms with van der Waals surface area (Å²) >= 11 is 0. The van der Waals surface area contributed by atoms with Gasteiger partial charge in [-0.05, 0) is 0 Å². The number of rotatable bonds is 1. The van der Waals surface area contributed by atoms with Gasteiger partial charge in [0.2, 0.25) is 5.82 Å². The van der Waals surface area contributed by atoms with Crippen LogP contribution in [0.1, 0.15) is 24.3 Å². The number of halogens is 5. The second kappa shape index (κ2) is 3.54. The topological polar surface area (TPSA) is 17.1 Å². The van der Waals surface area contributed by atoms with Crippen LogP contribution in [0, 0.1) is 29.1 Å². The van der Waals surface area contributed by atoms with E-state index in [1.165, 1.54) is 0 Å². The van der Waals surface area contributed by atoms with Crippen molar-refractivity contribution in [1.29, 1.82) is 0 Å². The van der Waals surface area contributed by atoms with Crippen LogP contribution in [0.2, 0.25) is 0 Å². The summed E-state index contributed by atoms with van der Waals surface area (Å²) in [4.78, 5) is 10.6. The van der Waals surface area contributed by atoms with E-state index in [2.05, 4.69) is 0 Å². The Morgan fingerprint density at radius 2 is 1.12 bits per heavy atom. The third-order valence-electron chi connectivity index (χ3n) is 2.60. The van der Waals surface area contributed by atoms with Crippen LogP contribution in [0.15, 0.2) is 0 Å². The van der Waals surface area contributed by atoms with E-state index in [1.54, 1.807) is 0 Å². The molecule has 0 unspecified atom stereocenters. The highest BCUT2D eigenvalue weighted by atomic mass is 19.2. The Morgan fingerprint density at radius 1 is 0.750 bits per heavy atom. The minimum Gasteiger partial charge on any atom is -0.300 e. The Hall–Kier alpha value is -1.46. The number of ketones is 1. The van der Waals surface area contributed by atoms with E-state index < -0.39 is 40.6 Å². The number of hydrogen-bond donors (Lipinski definition) is 0. The molecule has 1 aromatic carbocycles. The molecule has 0 radical (unpaired) electrons. The Bertz CT molecular complexity index is 446. The van der Waals surface area contributed by atoms with Crippen LogP contribution in [-0.4, -0.2) is 5.78 Å². The van der Waals surface area contributed by atoms with E-state index in [9.17, 15) is 26.7 Å². The quantitative estimate of drug-likeness (QED) is 0.416. The average Bonchev–Trinajstić information content (AvgIpc) is 2.21. The Kier molecular flexibility index (Phi) is 2.44. The zero-order valence-corrected chi connectivity index (χ0v) is 7.79. The summed E-state index contributed by atoms with van der Waals surface area (Å²) in [6.45, 7) is 0. The fourth-order valence-corrected chi connectivity index (χ4v) is 1.67. The molecule has 0 amide bonds. The van der Waals surface area contributed by atoms with Crippen molar-refractivity contribution in [2.24, 2.45) is 0 Å². The first-order valence-electron chi connectivity index (χ1n) is 4.46. The molecular formula is C10H5F5O. The van der Waals surface area contributed by atoms with Crippen LogP contribution in [0.4, 0.5) is 22.0 Å². The molecule has 1 aliphatic carbocycles. The molecule has 0 saturated heterocycles. The molecule has 1 aliphatic rings. The first kappa shape index (κ1) is 11.0. The lowest BCUT2D eigenvalue weighted by Gasteiger charge is -2.25. The summed E-state index contributed by atoms with van der Waals surface area (Å²) in [5.74, 6) is -10.9. The fraction of sp³-hybridized carbons (Fsp3) is 0.300. The molecule has 1 fully saturated rings. The molecule has 0 spiro atoms. The Labute approximate surface area is 86.9 Å². The van der Waals surface area contributed by atoms with Crippen molar-refractivity contribution in [1.82, 2.24) is 0 Å². The molecule has 16 heavy (non-hydrogen) atoms. The van der Waals surface area contributed by atoms with Gasteiger partial charge >= 0.3 is 0 Å². The molecule has 6 heteroatoms. The van der Waals surface area contributed by atoms with Crippen LogP contribution in [0.25, 0.3) is 0 Å². The zero-order valence-electron chi connectivity index (χ0n) is 7.79. The van der Waals surface area contributed by atoms with Crippen molar-refractivity contribution in [3.8, 4) is 0 Å². The molecule has 0 bridgehead atoms. The van der Waals surface area contributed by atoms with E-state index in [-0.39, 0.29) is 18.6 Å². The van der Waals surface area contributed by atoms with Gasteiger partial charge in [-0.2, -0.15) is 0 Å². The number of benzene rings is 1. The van der Waals surface area contributed by atoms with Gasteiger partial charge in [-0.15, -0.1) is 0 Å². The first-order valence-corrected chi connectivity index (χ1v) is 4.46. The van der Waals surface area contributed by atoms with E-state index in [0.29, 0.717) is 0 Å². The number of carbonyl (C=O) groups is 1. The highest BCUT2D eigenvalue weighted by Crippen LogP contribution is 2.38. The van der Waals surface area contributed by atoms with Crippen LogP contribution in [0.3, 0.4) is 0 Å². The van der Waals surface area contributed by atoms with Crippen molar-refractivity contribution in [2.45, 2.75) is 18.8 Å². The second-order valence-corrected chi connectivity index (χ2v) is 3.63. The Morgan fingerprint density at radius 3 is 1.50 bits per heavy atom. The molecule has 0 heterocycles. The highest BCUT2D eigenvalue weighted by molar-refractivity contribution is 5.86. The molecule has 2 rings (SSSR count). The summed E-state index contributed by atoms with van der Waals surface area (Å²) in [5.41, 5.74) is -0.879. The maximum absolute atomic E-state index is 13.2. The number of hydrogen-bond acceptors (Lipinski definition) is 1. The average molecular weight is 236 g/mol. The molecule has 1 aromatic rings. The smallest absolute Gasteiger partial charge is 0.200 e. The van der Waals surface area contributed by atoms with E-state index in [0.717, 1.165) is 0 Å². The molecule has 0 atom stereocenters. The van der Waals surface area contributed by atoms with Gasteiger partial charge in [0.1, 0.15) is 5.78 Å². The van der Waals surface area contributed by atoms with Gasteiger partial charge in [-0.1, -0.05) is 0 Å². The van der Waals surface area contributed by atoms with Crippen molar-refractivity contribution in [3.05, 3.63) is 34.6 Å². The monoisotopic (exact) mass is 236 g/mol. The minimum absolute atomic E-state index is 0.182. The van der Waals surface area contributed by atoms with Gasteiger partial charge in [-0.3, -0.25) is 4.79 Å². The predicted octanol–water partition coefficient (Wildman–Crippen LogP) is 2.83. The third-order valence-corrected chi connectivity index (χ3v) is 2.60. The van der Waals surface area contributed by atoms with Crippen molar-refractivity contribution < 1.29 is 26.7 Å². The molecule has 0 aromatic heterocycles. The summed E-state index contributed by atoms with van der Waals surface area (Å²) < 4.78 is 64.6. The molecule has 1 nitrogen and oxygen atoms in total. The highest BCUT2D eigenvalue weighted by Gasteiger charge is 2.36. The summed E-state index contributed by atoms with van der Waals surface area (Å²) in [7, 11) is 0. The van der Waals surface area contributed by atoms with Gasteiger partial charge in [0.25, 0.3) is 0 Å². The van der Waals surface area contributed by atoms with Crippen LogP contribution in [0.5, 0.6) is 0 Å². The van der Waals surface area contributed by atoms with Gasteiger partial charge in [0, 0.05) is 24.3 Å². The van der Waals surface area contributed by atoms with Gasteiger partial charge in [0.05, 0.1) is 0 Å². The predicted molar refractivity (Wildman–Crippen MR) is 43.2 cm³/mol.